The van der Waals surface area contributed by atoms with E-state index in [0.29, 0.717) is 18.1 Å². The Labute approximate surface area is 184 Å². The normalized spacial score (nSPS) is 15.1. The third-order valence-electron chi connectivity index (χ3n) is 5.90. The molecule has 31 heavy (non-hydrogen) atoms. The molecule has 0 atom stereocenters. The highest BCUT2D eigenvalue weighted by Gasteiger charge is 2.43. The van der Waals surface area contributed by atoms with Crippen LogP contribution in [0, 0.1) is 0 Å². The fraction of sp³-hybridized carbons (Fsp3) is 0.250. The number of benzene rings is 1. The van der Waals surface area contributed by atoms with Crippen molar-refractivity contribution in [3.05, 3.63) is 82.6 Å². The number of amides is 1. The Bertz CT molecular complexity index is 1170. The quantitative estimate of drug-likeness (QED) is 0.453. The summed E-state index contributed by atoms with van der Waals surface area (Å²) in [5.41, 5.74) is 2.16. The van der Waals surface area contributed by atoms with Crippen LogP contribution < -0.4 is 5.32 Å². The van der Waals surface area contributed by atoms with Crippen LogP contribution in [0.2, 0.25) is 0 Å². The summed E-state index contributed by atoms with van der Waals surface area (Å²) in [5, 5.41) is 9.34. The van der Waals surface area contributed by atoms with Gasteiger partial charge in [0.1, 0.15) is 0 Å². The SMILES string of the molecule is O=C(Nc1ccccc1Cc1nc(-c2ccncc2)no1)C1(c2cccs2)CCCC1. The predicted octanol–water partition coefficient (Wildman–Crippen LogP) is 5.23. The number of carbonyl (C=O) groups excluding carboxylic acids is 1. The number of rotatable bonds is 6. The molecule has 6 nitrogen and oxygen atoms in total. The Morgan fingerprint density at radius 3 is 2.65 bits per heavy atom. The van der Waals surface area contributed by atoms with E-state index in [0.717, 1.165) is 47.4 Å². The topological polar surface area (TPSA) is 80.9 Å². The molecule has 1 aliphatic carbocycles. The minimum absolute atomic E-state index is 0.0721. The van der Waals surface area contributed by atoms with Gasteiger partial charge in [0.05, 0.1) is 11.8 Å². The van der Waals surface area contributed by atoms with E-state index in [1.807, 2.05) is 47.8 Å². The lowest BCUT2D eigenvalue weighted by atomic mass is 9.83. The van der Waals surface area contributed by atoms with E-state index in [2.05, 4.69) is 26.5 Å². The molecule has 1 saturated carbocycles. The zero-order chi connectivity index (χ0) is 21.1. The third kappa shape index (κ3) is 3.88. The molecule has 0 unspecified atom stereocenters. The molecule has 1 N–H and O–H groups in total. The van der Waals surface area contributed by atoms with Gasteiger partial charge in [-0.15, -0.1) is 11.3 Å². The zero-order valence-corrected chi connectivity index (χ0v) is 17.8. The van der Waals surface area contributed by atoms with Gasteiger partial charge in [-0.25, -0.2) is 0 Å². The smallest absolute Gasteiger partial charge is 0.235 e. The molecule has 0 saturated heterocycles. The highest BCUT2D eigenvalue weighted by atomic mass is 32.1. The van der Waals surface area contributed by atoms with Crippen LogP contribution in [-0.2, 0) is 16.6 Å². The molecule has 1 aromatic carbocycles. The molecule has 3 heterocycles. The van der Waals surface area contributed by atoms with Crippen LogP contribution in [-0.4, -0.2) is 21.0 Å². The first-order chi connectivity index (χ1) is 15.2. The molecule has 0 spiro atoms. The van der Waals surface area contributed by atoms with Crippen molar-refractivity contribution in [1.82, 2.24) is 15.1 Å². The lowest BCUT2D eigenvalue weighted by Gasteiger charge is -2.27. The van der Waals surface area contributed by atoms with Crippen molar-refractivity contribution >= 4 is 22.9 Å². The third-order valence-corrected chi connectivity index (χ3v) is 6.97. The van der Waals surface area contributed by atoms with Gasteiger partial charge >= 0.3 is 0 Å². The van der Waals surface area contributed by atoms with Crippen LogP contribution in [0.4, 0.5) is 5.69 Å². The van der Waals surface area contributed by atoms with Gasteiger partial charge in [-0.05, 0) is 48.1 Å². The van der Waals surface area contributed by atoms with Crippen molar-refractivity contribution in [2.24, 2.45) is 0 Å². The second-order valence-corrected chi connectivity index (χ2v) is 8.75. The molecule has 3 aromatic heterocycles. The van der Waals surface area contributed by atoms with Gasteiger partial charge in [-0.1, -0.05) is 42.3 Å². The minimum atomic E-state index is -0.430. The summed E-state index contributed by atoms with van der Waals surface area (Å²) in [6.45, 7) is 0. The molecule has 0 radical (unpaired) electrons. The number of carbonyl (C=O) groups is 1. The van der Waals surface area contributed by atoms with Gasteiger partial charge in [-0.3, -0.25) is 9.78 Å². The average molecular weight is 431 g/mol. The number of hydrogen-bond donors (Lipinski definition) is 1. The molecule has 1 fully saturated rings. The second kappa shape index (κ2) is 8.43. The minimum Gasteiger partial charge on any atom is -0.339 e. The Morgan fingerprint density at radius 2 is 1.87 bits per heavy atom. The summed E-state index contributed by atoms with van der Waals surface area (Å²) < 4.78 is 5.47. The lowest BCUT2D eigenvalue weighted by Crippen LogP contribution is -2.37. The summed E-state index contributed by atoms with van der Waals surface area (Å²) in [7, 11) is 0. The fourth-order valence-electron chi connectivity index (χ4n) is 4.26. The van der Waals surface area contributed by atoms with Crippen LogP contribution in [0.25, 0.3) is 11.4 Å². The first-order valence-electron chi connectivity index (χ1n) is 10.4. The molecule has 1 aliphatic rings. The van der Waals surface area contributed by atoms with Crippen molar-refractivity contribution in [3.8, 4) is 11.4 Å². The zero-order valence-electron chi connectivity index (χ0n) is 17.0. The summed E-state index contributed by atoms with van der Waals surface area (Å²) in [4.78, 5) is 23.1. The molecule has 4 aromatic rings. The Balaban J connectivity index is 1.38. The molecular weight excluding hydrogens is 408 g/mol. The summed E-state index contributed by atoms with van der Waals surface area (Å²) >= 11 is 1.67. The fourth-order valence-corrected chi connectivity index (χ4v) is 5.24. The van der Waals surface area contributed by atoms with E-state index in [1.165, 1.54) is 0 Å². The van der Waals surface area contributed by atoms with Crippen molar-refractivity contribution in [1.29, 1.82) is 0 Å². The lowest BCUT2D eigenvalue weighted by molar-refractivity contribution is -0.121. The molecular formula is C24H22N4O2S. The second-order valence-electron chi connectivity index (χ2n) is 7.80. The summed E-state index contributed by atoms with van der Waals surface area (Å²) in [6.07, 6.45) is 7.77. The first kappa shape index (κ1) is 19.6. The average Bonchev–Trinajstić information content (AvgIpc) is 3.57. The van der Waals surface area contributed by atoms with Crippen LogP contribution in [0.3, 0.4) is 0 Å². The van der Waals surface area contributed by atoms with E-state index in [9.17, 15) is 4.79 Å². The standard InChI is InChI=1S/C24H22N4O2S/c29-23(24(11-3-4-12-24)20-8-5-15-31-20)26-19-7-2-1-6-18(19)16-21-27-22(28-30-21)17-9-13-25-14-10-17/h1-2,5-10,13-15H,3-4,11-12,16H2,(H,26,29). The number of pyridine rings is 1. The number of para-hydroxylation sites is 1. The predicted molar refractivity (Wildman–Crippen MR) is 120 cm³/mol. The number of anilines is 1. The van der Waals surface area contributed by atoms with Crippen molar-refractivity contribution < 1.29 is 9.32 Å². The molecule has 0 bridgehead atoms. The number of nitrogens with one attached hydrogen (secondary N) is 1. The number of thiophene rings is 1. The van der Waals surface area contributed by atoms with Gasteiger partial charge in [0.15, 0.2) is 0 Å². The van der Waals surface area contributed by atoms with Gasteiger partial charge < -0.3 is 9.84 Å². The highest BCUT2D eigenvalue weighted by Crippen LogP contribution is 2.44. The maximum absolute atomic E-state index is 13.5. The van der Waals surface area contributed by atoms with Crippen LogP contribution >= 0.6 is 11.3 Å². The summed E-state index contributed by atoms with van der Waals surface area (Å²) in [5.74, 6) is 1.10. The Morgan fingerprint density at radius 1 is 1.06 bits per heavy atom. The van der Waals surface area contributed by atoms with Crippen LogP contribution in [0.15, 0.2) is 70.8 Å². The number of aromatic nitrogens is 3. The van der Waals surface area contributed by atoms with Crippen LogP contribution in [0.1, 0.15) is 42.0 Å². The molecule has 156 valence electrons. The van der Waals surface area contributed by atoms with E-state index in [1.54, 1.807) is 23.7 Å². The largest absolute Gasteiger partial charge is 0.339 e. The highest BCUT2D eigenvalue weighted by molar-refractivity contribution is 7.10. The van der Waals surface area contributed by atoms with Gasteiger partial charge in [0, 0.05) is 28.5 Å². The van der Waals surface area contributed by atoms with Crippen molar-refractivity contribution in [2.45, 2.75) is 37.5 Å². The van der Waals surface area contributed by atoms with E-state index >= 15 is 0 Å². The number of hydrogen-bond acceptors (Lipinski definition) is 6. The first-order valence-corrected chi connectivity index (χ1v) is 11.3. The number of nitrogens with zero attached hydrogens (tertiary/aromatic N) is 3. The monoisotopic (exact) mass is 430 g/mol. The maximum Gasteiger partial charge on any atom is 0.235 e. The van der Waals surface area contributed by atoms with E-state index in [4.69, 9.17) is 4.52 Å². The van der Waals surface area contributed by atoms with Crippen molar-refractivity contribution in [2.75, 3.05) is 5.32 Å². The summed E-state index contributed by atoms with van der Waals surface area (Å²) in [6, 6.07) is 15.6. The Hall–Kier alpha value is -3.32. The van der Waals surface area contributed by atoms with Gasteiger partial charge in [-0.2, -0.15) is 4.98 Å². The molecule has 5 rings (SSSR count). The molecule has 1 amide bonds. The van der Waals surface area contributed by atoms with Gasteiger partial charge in [0.25, 0.3) is 0 Å². The Kier molecular flexibility index (Phi) is 5.34. The molecule has 0 aliphatic heterocycles. The van der Waals surface area contributed by atoms with Crippen LogP contribution in [0.5, 0.6) is 0 Å². The van der Waals surface area contributed by atoms with Gasteiger partial charge in [0.2, 0.25) is 17.6 Å². The van der Waals surface area contributed by atoms with E-state index in [-0.39, 0.29) is 5.91 Å². The molecule has 7 heteroatoms. The van der Waals surface area contributed by atoms with Crippen molar-refractivity contribution in [3.63, 3.8) is 0 Å². The van der Waals surface area contributed by atoms with E-state index < -0.39 is 5.41 Å². The maximum atomic E-state index is 13.5.